The number of nitrogens with one attached hydrogen (secondary N) is 1. The highest BCUT2D eigenvalue weighted by molar-refractivity contribution is 8.06. The van der Waals surface area contributed by atoms with Crippen molar-refractivity contribution in [2.24, 2.45) is 10.8 Å². The molecule has 1 aliphatic carbocycles. The number of benzene rings is 1. The fraction of sp³-hybridized carbons (Fsp3) is 0.450. The zero-order valence-electron chi connectivity index (χ0n) is 29.8. The van der Waals surface area contributed by atoms with Crippen molar-refractivity contribution in [1.82, 2.24) is 5.32 Å². The minimum atomic E-state index is -0.00817. The Balaban J connectivity index is 1.80. The second-order valence-electron chi connectivity index (χ2n) is 16.1. The van der Waals surface area contributed by atoms with Crippen molar-refractivity contribution in [3.8, 4) is 0 Å². The van der Waals surface area contributed by atoms with Gasteiger partial charge in [0.15, 0.2) is 5.78 Å². The summed E-state index contributed by atoms with van der Waals surface area (Å²) in [6.45, 7) is 27.4. The molecule has 0 fully saturated rings. The summed E-state index contributed by atoms with van der Waals surface area (Å²) in [6.07, 6.45) is 9.51. The number of ketones is 1. The Bertz CT molecular complexity index is 1550. The molecule has 0 radical (unpaired) electrons. The van der Waals surface area contributed by atoms with Crippen LogP contribution in [-0.2, 0) is 11.2 Å². The van der Waals surface area contributed by atoms with Crippen LogP contribution in [-0.4, -0.2) is 21.8 Å². The molecule has 1 aromatic carbocycles. The number of allylic oxidation sites excluding steroid dienone is 8. The van der Waals surface area contributed by atoms with Gasteiger partial charge >= 0.3 is 10.2 Å². The van der Waals surface area contributed by atoms with Crippen LogP contribution in [0.2, 0.25) is 0 Å². The number of Topliss-reactive ketones (excluding diaryl/α,β-unsaturated/α-hetero) is 1. The first-order valence-corrected chi connectivity index (χ1v) is 18.6. The van der Waals surface area contributed by atoms with Crippen molar-refractivity contribution >= 4 is 47.1 Å². The molecule has 0 unspecified atom stereocenters. The van der Waals surface area contributed by atoms with Gasteiger partial charge in [-0.3, -0.25) is 4.79 Å². The number of thioether (sulfide) groups is 3. The van der Waals surface area contributed by atoms with Crippen LogP contribution < -0.4 is 5.32 Å². The summed E-state index contributed by atoms with van der Waals surface area (Å²) in [5, 5.41) is 5.37. The Hall–Kier alpha value is -2.41. The van der Waals surface area contributed by atoms with Gasteiger partial charge in [0.2, 0.25) is 0 Å². The zero-order chi connectivity index (χ0) is 34.1. The van der Waals surface area contributed by atoms with E-state index >= 15 is 0 Å². The van der Waals surface area contributed by atoms with Crippen molar-refractivity contribution in [3.05, 3.63) is 104 Å². The number of carbonyl (C=O) groups excluding carboxylic acids is 1. The predicted molar refractivity (Wildman–Crippen MR) is 203 cm³/mol. The maximum Gasteiger partial charge on any atom is 0.389 e. The van der Waals surface area contributed by atoms with Crippen molar-refractivity contribution in [2.45, 2.75) is 109 Å². The summed E-state index contributed by atoms with van der Waals surface area (Å²) in [5.41, 5.74) is 5.71. The van der Waals surface area contributed by atoms with E-state index in [9.17, 15) is 4.79 Å². The molecule has 1 aliphatic heterocycles. The van der Waals surface area contributed by atoms with Gasteiger partial charge in [-0.15, -0.1) is 0 Å². The summed E-state index contributed by atoms with van der Waals surface area (Å²) in [5.74, 6) is 0.0696. The number of carbonyl (C=O) groups is 1. The quantitative estimate of drug-likeness (QED) is 0.171. The van der Waals surface area contributed by atoms with Gasteiger partial charge in [0.1, 0.15) is 0 Å². The van der Waals surface area contributed by atoms with Gasteiger partial charge in [0.05, 0.1) is 17.8 Å². The standard InChI is InChI=1S/C40H51NO2S3/c1-37(2,3)31-22-27(23-32(44-31)38(4,5)6)20-29-35(41-19-18-26-16-14-13-15-17-26)30(36(29)42)21-28-24-33(45-39(7,8)9)43-34(25-28)46-40(10,11)12/h13-17,20-25H,18-19H2,1-12H3/p+1. The lowest BCUT2D eigenvalue weighted by Crippen LogP contribution is -2.32. The van der Waals surface area contributed by atoms with Gasteiger partial charge in [-0.25, -0.2) is 0 Å². The number of hydrogen-bond acceptors (Lipinski definition) is 5. The summed E-state index contributed by atoms with van der Waals surface area (Å²) >= 11 is 5.27. The van der Waals surface area contributed by atoms with E-state index < -0.39 is 0 Å². The normalized spacial score (nSPS) is 17.2. The highest BCUT2D eigenvalue weighted by Crippen LogP contribution is 2.49. The maximum atomic E-state index is 14.0. The van der Waals surface area contributed by atoms with Gasteiger partial charge in [-0.1, -0.05) is 125 Å². The van der Waals surface area contributed by atoms with Gasteiger partial charge in [0.25, 0.3) is 0 Å². The SMILES string of the molecule is CC(C)(C)Sc1cc(C=C2C(=O)C(C=C3C=C(C(C)(C)C)SC(C(C)(C)C)=C3)=C2NCCc2ccccc2)cc(SC(C)(C)C)[o+]1. The van der Waals surface area contributed by atoms with Crippen LogP contribution in [0.1, 0.15) is 94.2 Å². The second kappa shape index (κ2) is 14.0. The van der Waals surface area contributed by atoms with Crippen LogP contribution in [0.4, 0.5) is 0 Å². The molecule has 0 saturated carbocycles. The molecule has 3 nitrogen and oxygen atoms in total. The van der Waals surface area contributed by atoms with E-state index in [4.69, 9.17) is 4.42 Å². The van der Waals surface area contributed by atoms with Crippen LogP contribution in [0.5, 0.6) is 0 Å². The Kier molecular flexibility index (Phi) is 11.1. The molecule has 0 saturated heterocycles. The molecule has 6 heteroatoms. The monoisotopic (exact) mass is 674 g/mol. The van der Waals surface area contributed by atoms with Crippen LogP contribution in [0, 0.1) is 10.8 Å². The molecular weight excluding hydrogens is 623 g/mol. The third kappa shape index (κ3) is 10.3. The Morgan fingerprint density at radius 1 is 0.761 bits per heavy atom. The first-order chi connectivity index (χ1) is 21.2. The molecule has 2 heterocycles. The van der Waals surface area contributed by atoms with E-state index in [1.54, 1.807) is 23.5 Å². The van der Waals surface area contributed by atoms with E-state index in [1.165, 1.54) is 15.4 Å². The molecule has 2 aromatic rings. The molecule has 1 aromatic heterocycles. The Labute approximate surface area is 290 Å². The van der Waals surface area contributed by atoms with Crippen molar-refractivity contribution in [1.29, 1.82) is 0 Å². The van der Waals surface area contributed by atoms with Crippen molar-refractivity contribution < 1.29 is 9.21 Å². The van der Waals surface area contributed by atoms with Crippen molar-refractivity contribution in [2.75, 3.05) is 6.54 Å². The Morgan fingerprint density at radius 2 is 1.28 bits per heavy atom. The van der Waals surface area contributed by atoms with E-state index in [0.717, 1.165) is 51.1 Å². The minimum absolute atomic E-state index is 0.00817. The lowest BCUT2D eigenvalue weighted by Gasteiger charge is -2.32. The molecule has 1 N–H and O–H groups in total. The van der Waals surface area contributed by atoms with Gasteiger partial charge in [-0.05, 0) is 91.6 Å². The molecule has 246 valence electrons. The van der Waals surface area contributed by atoms with Crippen molar-refractivity contribution in [3.63, 3.8) is 0 Å². The third-order valence-electron chi connectivity index (χ3n) is 7.09. The molecule has 2 aliphatic rings. The molecule has 0 atom stereocenters. The molecule has 46 heavy (non-hydrogen) atoms. The van der Waals surface area contributed by atoms with Crippen LogP contribution in [0.3, 0.4) is 0 Å². The topological polar surface area (TPSA) is 40.4 Å². The number of rotatable bonds is 8. The highest BCUT2D eigenvalue weighted by Gasteiger charge is 2.34. The first-order valence-electron chi connectivity index (χ1n) is 16.2. The average Bonchev–Trinajstić information content (AvgIpc) is 2.91. The summed E-state index contributed by atoms with van der Waals surface area (Å²) in [7, 11) is 0. The molecule has 4 rings (SSSR count). The lowest BCUT2D eigenvalue weighted by molar-refractivity contribution is -0.112. The fourth-order valence-corrected chi connectivity index (χ4v) is 7.99. The zero-order valence-corrected chi connectivity index (χ0v) is 32.3. The largest absolute Gasteiger partial charge is 0.389 e. The fourth-order valence-electron chi connectivity index (χ4n) is 4.83. The summed E-state index contributed by atoms with van der Waals surface area (Å²) in [6, 6.07) is 14.6. The van der Waals surface area contributed by atoms with Crippen LogP contribution in [0.25, 0.3) is 6.08 Å². The van der Waals surface area contributed by atoms with Gasteiger partial charge in [0, 0.05) is 27.2 Å². The van der Waals surface area contributed by atoms with E-state index in [1.807, 2.05) is 23.9 Å². The van der Waals surface area contributed by atoms with E-state index in [0.29, 0.717) is 0 Å². The first kappa shape index (κ1) is 36.4. The maximum absolute atomic E-state index is 14.0. The van der Waals surface area contributed by atoms with E-state index in [2.05, 4.69) is 143 Å². The van der Waals surface area contributed by atoms with Crippen LogP contribution in [0.15, 0.2) is 108 Å². The van der Waals surface area contributed by atoms with Crippen LogP contribution >= 0.6 is 35.3 Å². The minimum Gasteiger partial charge on any atom is -0.384 e. The molecule has 0 spiro atoms. The predicted octanol–water partition coefficient (Wildman–Crippen LogP) is 11.9. The Morgan fingerprint density at radius 3 is 1.76 bits per heavy atom. The molecule has 0 amide bonds. The molecule has 0 bridgehead atoms. The lowest BCUT2D eigenvalue weighted by atomic mass is 9.83. The third-order valence-corrected chi connectivity index (χ3v) is 11.0. The number of hydrogen-bond donors (Lipinski definition) is 1. The smallest absolute Gasteiger partial charge is 0.384 e. The van der Waals surface area contributed by atoms with Gasteiger partial charge in [-0.2, -0.15) is 4.42 Å². The van der Waals surface area contributed by atoms with Gasteiger partial charge < -0.3 is 5.32 Å². The summed E-state index contributed by atoms with van der Waals surface area (Å²) in [4.78, 5) is 16.6. The summed E-state index contributed by atoms with van der Waals surface area (Å²) < 4.78 is 6.31. The highest BCUT2D eigenvalue weighted by atomic mass is 32.2. The second-order valence-corrected chi connectivity index (χ2v) is 20.8. The molecular formula is C40H52NO2S3+. The average molecular weight is 675 g/mol. The van der Waals surface area contributed by atoms with E-state index in [-0.39, 0.29) is 26.1 Å².